The van der Waals surface area contributed by atoms with Crippen LogP contribution < -0.4 is 15.6 Å². The van der Waals surface area contributed by atoms with E-state index in [0.717, 1.165) is 10.7 Å². The van der Waals surface area contributed by atoms with Crippen LogP contribution in [-0.4, -0.2) is 26.6 Å². The van der Waals surface area contributed by atoms with Crippen LogP contribution in [0.3, 0.4) is 0 Å². The molecule has 4 rings (SSSR count). The van der Waals surface area contributed by atoms with Gasteiger partial charge in [0.05, 0.1) is 5.56 Å². The van der Waals surface area contributed by atoms with Crippen LogP contribution in [0, 0.1) is 0 Å². The molecule has 2 N–H and O–H groups in total. The summed E-state index contributed by atoms with van der Waals surface area (Å²) in [6.45, 7) is 0. The maximum absolute atomic E-state index is 12.6. The van der Waals surface area contributed by atoms with Crippen LogP contribution in [0.15, 0.2) is 90.3 Å². The lowest BCUT2D eigenvalue weighted by molar-refractivity contribution is 0.0845. The third kappa shape index (κ3) is 5.78. The fourth-order valence-corrected chi connectivity index (χ4v) is 3.76. The van der Waals surface area contributed by atoms with Crippen LogP contribution in [0.4, 0.5) is 0 Å². The minimum absolute atomic E-state index is 0.304. The Morgan fingerprint density at radius 2 is 1.61 bits per heavy atom. The van der Waals surface area contributed by atoms with Crippen molar-refractivity contribution in [2.24, 2.45) is 7.05 Å². The number of rotatable bonds is 7. The number of thioether (sulfide) groups is 1. The minimum atomic E-state index is -0.480. The van der Waals surface area contributed by atoms with Crippen LogP contribution >= 0.6 is 11.8 Å². The van der Waals surface area contributed by atoms with Gasteiger partial charge in [0.1, 0.15) is 17.8 Å². The maximum atomic E-state index is 12.6. The second-order valence-electron chi connectivity index (χ2n) is 7.03. The van der Waals surface area contributed by atoms with Crippen molar-refractivity contribution >= 4 is 23.6 Å². The quantitative estimate of drug-likeness (QED) is 0.321. The molecule has 0 spiro atoms. The molecular weight excluding hydrogens is 438 g/mol. The summed E-state index contributed by atoms with van der Waals surface area (Å²) in [5, 5.41) is 8.70. The van der Waals surface area contributed by atoms with E-state index in [-0.39, 0.29) is 0 Å². The van der Waals surface area contributed by atoms with Crippen molar-refractivity contribution in [3.05, 3.63) is 102 Å². The molecule has 0 saturated heterocycles. The molecule has 1 aromatic heterocycles. The number of aryl methyl sites for hydroxylation is 1. The van der Waals surface area contributed by atoms with Gasteiger partial charge in [-0.25, -0.2) is 0 Å². The summed E-state index contributed by atoms with van der Waals surface area (Å²) in [6, 6.07) is 23.1. The molecule has 0 aliphatic heterocycles. The highest BCUT2D eigenvalue weighted by molar-refractivity contribution is 7.98. The molecule has 4 aromatic rings. The first-order valence-electron chi connectivity index (χ1n) is 10.1. The Morgan fingerprint density at radius 1 is 0.909 bits per heavy atom. The highest BCUT2D eigenvalue weighted by Gasteiger charge is 2.14. The number of hydrogen-bond donors (Lipinski definition) is 2. The van der Waals surface area contributed by atoms with E-state index in [1.807, 2.05) is 41.9 Å². The van der Waals surface area contributed by atoms with Gasteiger partial charge in [0.15, 0.2) is 5.16 Å². The average Bonchev–Trinajstić information content (AvgIpc) is 3.27. The van der Waals surface area contributed by atoms with Crippen molar-refractivity contribution in [2.45, 2.75) is 10.9 Å². The van der Waals surface area contributed by atoms with Crippen LogP contribution in [0.5, 0.6) is 11.5 Å². The van der Waals surface area contributed by atoms with E-state index in [1.165, 1.54) is 0 Å². The lowest BCUT2D eigenvalue weighted by Gasteiger charge is -2.12. The monoisotopic (exact) mass is 459 g/mol. The standard InChI is InChI=1S/C24H21N5O3S/c1-29-16-25-28-24(29)33-15-17-11-13-18(14-12-17)22(30)26-27-23(31)20-9-5-6-10-21(20)32-19-7-3-2-4-8-19/h2-14,16H,15H2,1H3,(H,26,30)(H,27,31). The van der Waals surface area contributed by atoms with Crippen LogP contribution in [0.25, 0.3) is 0 Å². The third-order valence-electron chi connectivity index (χ3n) is 4.65. The van der Waals surface area contributed by atoms with E-state index in [2.05, 4.69) is 21.0 Å². The number of para-hydroxylation sites is 2. The van der Waals surface area contributed by atoms with E-state index < -0.39 is 11.8 Å². The molecule has 1 heterocycles. The van der Waals surface area contributed by atoms with Gasteiger partial charge in [0, 0.05) is 18.4 Å². The molecule has 33 heavy (non-hydrogen) atoms. The van der Waals surface area contributed by atoms with Crippen molar-refractivity contribution in [3.63, 3.8) is 0 Å². The number of amides is 2. The predicted molar refractivity (Wildman–Crippen MR) is 125 cm³/mol. The highest BCUT2D eigenvalue weighted by Crippen LogP contribution is 2.25. The Morgan fingerprint density at radius 3 is 2.33 bits per heavy atom. The summed E-state index contributed by atoms with van der Waals surface area (Å²) in [6.07, 6.45) is 1.65. The van der Waals surface area contributed by atoms with Gasteiger partial charge < -0.3 is 9.30 Å². The number of nitrogens with zero attached hydrogens (tertiary/aromatic N) is 3. The molecule has 0 fully saturated rings. The molecule has 9 heteroatoms. The summed E-state index contributed by atoms with van der Waals surface area (Å²) in [5.41, 5.74) is 6.66. The fourth-order valence-electron chi connectivity index (χ4n) is 2.92. The van der Waals surface area contributed by atoms with Gasteiger partial charge in [0.2, 0.25) is 0 Å². The number of benzene rings is 3. The molecule has 166 valence electrons. The van der Waals surface area contributed by atoms with Gasteiger partial charge in [-0.05, 0) is 42.0 Å². The Labute approximate surface area is 195 Å². The van der Waals surface area contributed by atoms with Crippen LogP contribution in [-0.2, 0) is 12.8 Å². The van der Waals surface area contributed by atoms with E-state index in [4.69, 9.17) is 4.74 Å². The summed E-state index contributed by atoms with van der Waals surface area (Å²) in [7, 11) is 1.89. The second kappa shape index (κ2) is 10.5. The summed E-state index contributed by atoms with van der Waals surface area (Å²) in [5.74, 6) is 0.798. The lowest BCUT2D eigenvalue weighted by atomic mass is 10.1. The van der Waals surface area contributed by atoms with Crippen molar-refractivity contribution in [1.82, 2.24) is 25.6 Å². The highest BCUT2D eigenvalue weighted by atomic mass is 32.2. The Hall–Kier alpha value is -4.11. The molecule has 0 aliphatic carbocycles. The minimum Gasteiger partial charge on any atom is -0.457 e. The first-order valence-corrected chi connectivity index (χ1v) is 11.1. The SMILES string of the molecule is Cn1cnnc1SCc1ccc(C(=O)NNC(=O)c2ccccc2Oc2ccccc2)cc1. The topological polar surface area (TPSA) is 98.1 Å². The number of carbonyl (C=O) groups is 2. The van der Waals surface area contributed by atoms with Gasteiger partial charge in [0.25, 0.3) is 11.8 Å². The van der Waals surface area contributed by atoms with Crippen molar-refractivity contribution < 1.29 is 14.3 Å². The van der Waals surface area contributed by atoms with E-state index >= 15 is 0 Å². The normalized spacial score (nSPS) is 10.5. The van der Waals surface area contributed by atoms with Gasteiger partial charge in [-0.1, -0.05) is 54.2 Å². The summed E-state index contributed by atoms with van der Waals surface area (Å²) in [4.78, 5) is 25.1. The number of nitrogens with one attached hydrogen (secondary N) is 2. The second-order valence-corrected chi connectivity index (χ2v) is 7.97. The number of carbonyl (C=O) groups excluding carboxylic acids is 2. The third-order valence-corrected chi connectivity index (χ3v) is 5.75. The van der Waals surface area contributed by atoms with Crippen molar-refractivity contribution in [1.29, 1.82) is 0 Å². The smallest absolute Gasteiger partial charge is 0.273 e. The zero-order valence-corrected chi connectivity index (χ0v) is 18.6. The molecule has 0 saturated carbocycles. The molecule has 0 bridgehead atoms. The lowest BCUT2D eigenvalue weighted by Crippen LogP contribution is -2.41. The van der Waals surface area contributed by atoms with Crippen LogP contribution in [0.2, 0.25) is 0 Å². The van der Waals surface area contributed by atoms with E-state index in [1.54, 1.807) is 66.6 Å². The van der Waals surface area contributed by atoms with E-state index in [0.29, 0.717) is 28.4 Å². The molecule has 0 unspecified atom stereocenters. The largest absolute Gasteiger partial charge is 0.457 e. The number of aromatic nitrogens is 3. The molecule has 0 aliphatic rings. The van der Waals surface area contributed by atoms with Gasteiger partial charge >= 0.3 is 0 Å². The molecule has 8 nitrogen and oxygen atoms in total. The molecule has 3 aromatic carbocycles. The molecular formula is C24H21N5O3S. The van der Waals surface area contributed by atoms with Gasteiger partial charge in [-0.15, -0.1) is 10.2 Å². The Bertz CT molecular complexity index is 1240. The summed E-state index contributed by atoms with van der Waals surface area (Å²) < 4.78 is 7.65. The zero-order chi connectivity index (χ0) is 23.0. The van der Waals surface area contributed by atoms with Gasteiger partial charge in [-0.2, -0.15) is 0 Å². The Balaban J connectivity index is 1.33. The molecule has 0 atom stereocenters. The van der Waals surface area contributed by atoms with Crippen molar-refractivity contribution in [2.75, 3.05) is 0 Å². The average molecular weight is 460 g/mol. The zero-order valence-electron chi connectivity index (χ0n) is 17.8. The predicted octanol–water partition coefficient (Wildman–Crippen LogP) is 3.97. The first-order chi connectivity index (χ1) is 16.1. The maximum Gasteiger partial charge on any atom is 0.273 e. The number of ether oxygens (including phenoxy) is 1. The Kier molecular flexibility index (Phi) is 7.01. The number of hydrazine groups is 1. The molecule has 2 amide bonds. The van der Waals surface area contributed by atoms with Crippen LogP contribution in [0.1, 0.15) is 26.3 Å². The fraction of sp³-hybridized carbons (Fsp3) is 0.0833. The first kappa shape index (κ1) is 22.1. The van der Waals surface area contributed by atoms with E-state index in [9.17, 15) is 9.59 Å². The van der Waals surface area contributed by atoms with Gasteiger partial charge in [-0.3, -0.25) is 20.4 Å². The summed E-state index contributed by atoms with van der Waals surface area (Å²) >= 11 is 1.55. The molecule has 0 radical (unpaired) electrons. The number of hydrogen-bond acceptors (Lipinski definition) is 6. The van der Waals surface area contributed by atoms with Crippen molar-refractivity contribution in [3.8, 4) is 11.5 Å².